The molecular formula is C13H18BrN3O3. The monoisotopic (exact) mass is 343 g/mol. The number of benzene rings is 1. The number of methoxy groups -OCH3 is 1. The number of nitrogens with one attached hydrogen (secondary N) is 2. The van der Waals surface area contributed by atoms with Crippen molar-refractivity contribution in [2.45, 2.75) is 6.42 Å². The van der Waals surface area contributed by atoms with Gasteiger partial charge in [0.15, 0.2) is 0 Å². The Balaban J connectivity index is 2.34. The number of carbonyl (C=O) groups excluding carboxylic acids is 2. The first-order valence-electron chi connectivity index (χ1n) is 6.13. The lowest BCUT2D eigenvalue weighted by Gasteiger charge is -2.08. The standard InChI is InChI=1S/C13H18BrN3O3/c1-20-7-6-16-12(18)4-5-17-13(19)10-3-2-9(14)8-11(10)15/h2-3,8H,4-7,15H2,1H3,(H,16,18)(H,17,19). The number of rotatable bonds is 7. The van der Waals surface area contributed by atoms with Crippen LogP contribution in [0.25, 0.3) is 0 Å². The van der Waals surface area contributed by atoms with Gasteiger partial charge in [-0.25, -0.2) is 0 Å². The van der Waals surface area contributed by atoms with E-state index in [0.717, 1.165) is 4.47 Å². The van der Waals surface area contributed by atoms with Crippen molar-refractivity contribution in [1.29, 1.82) is 0 Å². The molecule has 2 amide bonds. The smallest absolute Gasteiger partial charge is 0.253 e. The zero-order chi connectivity index (χ0) is 15.0. The van der Waals surface area contributed by atoms with E-state index in [4.69, 9.17) is 10.5 Å². The predicted octanol–water partition coefficient (Wildman–Crippen LogP) is 0.914. The number of amides is 2. The van der Waals surface area contributed by atoms with Gasteiger partial charge in [0.05, 0.1) is 12.2 Å². The molecule has 0 heterocycles. The number of hydrogen-bond donors (Lipinski definition) is 3. The SMILES string of the molecule is COCCNC(=O)CCNC(=O)c1ccc(Br)cc1N. The van der Waals surface area contributed by atoms with Gasteiger partial charge >= 0.3 is 0 Å². The minimum atomic E-state index is -0.292. The molecule has 0 aliphatic carbocycles. The molecule has 0 bridgehead atoms. The molecule has 1 rings (SSSR count). The minimum absolute atomic E-state index is 0.133. The fourth-order valence-electron chi connectivity index (χ4n) is 1.51. The summed E-state index contributed by atoms with van der Waals surface area (Å²) in [6.07, 6.45) is 0.214. The molecule has 0 aromatic heterocycles. The van der Waals surface area contributed by atoms with E-state index in [1.165, 1.54) is 0 Å². The maximum absolute atomic E-state index is 11.9. The molecule has 0 fully saturated rings. The maximum Gasteiger partial charge on any atom is 0.253 e. The second kappa shape index (κ2) is 8.55. The van der Waals surface area contributed by atoms with Crippen molar-refractivity contribution in [2.75, 3.05) is 32.5 Å². The zero-order valence-electron chi connectivity index (χ0n) is 11.2. The Morgan fingerprint density at radius 1 is 1.30 bits per heavy atom. The van der Waals surface area contributed by atoms with E-state index in [2.05, 4.69) is 26.6 Å². The van der Waals surface area contributed by atoms with Gasteiger partial charge in [0.2, 0.25) is 5.91 Å². The van der Waals surface area contributed by atoms with Gasteiger partial charge in [-0.05, 0) is 18.2 Å². The number of nitrogen functional groups attached to an aromatic ring is 1. The highest BCUT2D eigenvalue weighted by molar-refractivity contribution is 9.10. The molecule has 0 radical (unpaired) electrons. The molecule has 0 aliphatic heterocycles. The number of hydrogen-bond acceptors (Lipinski definition) is 4. The lowest BCUT2D eigenvalue weighted by Crippen LogP contribution is -2.32. The Labute approximate surface area is 126 Å². The average molecular weight is 344 g/mol. The van der Waals surface area contributed by atoms with Crippen LogP contribution in [0.1, 0.15) is 16.8 Å². The van der Waals surface area contributed by atoms with Crippen molar-refractivity contribution >= 4 is 33.4 Å². The fraction of sp³-hybridized carbons (Fsp3) is 0.385. The highest BCUT2D eigenvalue weighted by Gasteiger charge is 2.10. The van der Waals surface area contributed by atoms with E-state index in [0.29, 0.717) is 24.4 Å². The summed E-state index contributed by atoms with van der Waals surface area (Å²) < 4.78 is 5.62. The highest BCUT2D eigenvalue weighted by atomic mass is 79.9. The first-order chi connectivity index (χ1) is 9.54. The quantitative estimate of drug-likeness (QED) is 0.506. The van der Waals surface area contributed by atoms with Crippen molar-refractivity contribution in [2.24, 2.45) is 0 Å². The predicted molar refractivity (Wildman–Crippen MR) is 80.4 cm³/mol. The summed E-state index contributed by atoms with van der Waals surface area (Å²) in [5, 5.41) is 5.32. The van der Waals surface area contributed by atoms with Crippen LogP contribution in [0.4, 0.5) is 5.69 Å². The second-order valence-corrected chi connectivity index (χ2v) is 5.00. The molecule has 1 aromatic rings. The molecular weight excluding hydrogens is 326 g/mol. The molecule has 0 saturated heterocycles. The van der Waals surface area contributed by atoms with Gasteiger partial charge in [-0.1, -0.05) is 15.9 Å². The van der Waals surface area contributed by atoms with E-state index in [-0.39, 0.29) is 24.8 Å². The van der Waals surface area contributed by atoms with Gasteiger partial charge in [0.25, 0.3) is 5.91 Å². The average Bonchev–Trinajstić information content (AvgIpc) is 2.38. The second-order valence-electron chi connectivity index (χ2n) is 4.08. The first kappa shape index (κ1) is 16.5. The summed E-state index contributed by atoms with van der Waals surface area (Å²) in [5.41, 5.74) is 6.54. The largest absolute Gasteiger partial charge is 0.398 e. The molecule has 0 saturated carbocycles. The van der Waals surface area contributed by atoms with Crippen molar-refractivity contribution in [1.82, 2.24) is 10.6 Å². The van der Waals surface area contributed by atoms with Gasteiger partial charge in [-0.3, -0.25) is 9.59 Å². The Hall–Kier alpha value is -1.60. The maximum atomic E-state index is 11.9. The van der Waals surface area contributed by atoms with Crippen LogP contribution in [0.3, 0.4) is 0 Å². The van der Waals surface area contributed by atoms with Gasteiger partial charge in [0, 0.05) is 36.8 Å². The number of nitrogens with two attached hydrogens (primary N) is 1. The summed E-state index contributed by atoms with van der Waals surface area (Å²) in [7, 11) is 1.56. The zero-order valence-corrected chi connectivity index (χ0v) is 12.8. The lowest BCUT2D eigenvalue weighted by molar-refractivity contribution is -0.121. The Bertz CT molecular complexity index is 480. The Morgan fingerprint density at radius 2 is 2.05 bits per heavy atom. The summed E-state index contributed by atoms with van der Waals surface area (Å²) in [6, 6.07) is 5.03. The molecule has 7 heteroatoms. The van der Waals surface area contributed by atoms with Crippen molar-refractivity contribution in [3.63, 3.8) is 0 Å². The van der Waals surface area contributed by atoms with Gasteiger partial charge in [-0.15, -0.1) is 0 Å². The fourth-order valence-corrected chi connectivity index (χ4v) is 1.88. The summed E-state index contributed by atoms with van der Waals surface area (Å²) in [4.78, 5) is 23.3. The third-order valence-electron chi connectivity index (χ3n) is 2.52. The molecule has 110 valence electrons. The Kier molecular flexibility index (Phi) is 7.03. The Morgan fingerprint density at radius 3 is 2.70 bits per heavy atom. The van der Waals surface area contributed by atoms with Gasteiger partial charge < -0.3 is 21.1 Å². The molecule has 0 spiro atoms. The van der Waals surface area contributed by atoms with E-state index in [9.17, 15) is 9.59 Å². The summed E-state index contributed by atoms with van der Waals surface area (Å²) in [5.74, 6) is -0.425. The van der Waals surface area contributed by atoms with E-state index in [1.807, 2.05) is 0 Å². The van der Waals surface area contributed by atoms with Crippen LogP contribution in [0, 0.1) is 0 Å². The van der Waals surface area contributed by atoms with Crippen LogP contribution in [0.2, 0.25) is 0 Å². The number of halogens is 1. The molecule has 4 N–H and O–H groups in total. The van der Waals surface area contributed by atoms with Crippen LogP contribution < -0.4 is 16.4 Å². The molecule has 1 aromatic carbocycles. The minimum Gasteiger partial charge on any atom is -0.398 e. The highest BCUT2D eigenvalue weighted by Crippen LogP contribution is 2.18. The van der Waals surface area contributed by atoms with Crippen molar-refractivity contribution in [3.8, 4) is 0 Å². The summed E-state index contributed by atoms with van der Waals surface area (Å²) >= 11 is 3.27. The number of anilines is 1. The topological polar surface area (TPSA) is 93.5 Å². The summed E-state index contributed by atoms with van der Waals surface area (Å²) in [6.45, 7) is 1.18. The third-order valence-corrected chi connectivity index (χ3v) is 3.02. The van der Waals surface area contributed by atoms with E-state index in [1.54, 1.807) is 25.3 Å². The molecule has 20 heavy (non-hydrogen) atoms. The van der Waals surface area contributed by atoms with Crippen LogP contribution in [-0.2, 0) is 9.53 Å². The number of carbonyl (C=O) groups is 2. The van der Waals surface area contributed by atoms with Gasteiger partial charge in [0.1, 0.15) is 0 Å². The normalized spacial score (nSPS) is 10.1. The van der Waals surface area contributed by atoms with Crippen LogP contribution >= 0.6 is 15.9 Å². The molecule has 0 atom stereocenters. The first-order valence-corrected chi connectivity index (χ1v) is 6.92. The van der Waals surface area contributed by atoms with Crippen LogP contribution in [0.15, 0.2) is 22.7 Å². The van der Waals surface area contributed by atoms with Crippen molar-refractivity contribution < 1.29 is 14.3 Å². The van der Waals surface area contributed by atoms with E-state index < -0.39 is 0 Å². The van der Waals surface area contributed by atoms with Crippen molar-refractivity contribution in [3.05, 3.63) is 28.2 Å². The third kappa shape index (κ3) is 5.58. The molecule has 6 nitrogen and oxygen atoms in total. The lowest BCUT2D eigenvalue weighted by atomic mass is 10.1. The van der Waals surface area contributed by atoms with Crippen LogP contribution in [0.5, 0.6) is 0 Å². The molecule has 0 aliphatic rings. The molecule has 0 unspecified atom stereocenters. The number of ether oxygens (including phenoxy) is 1. The van der Waals surface area contributed by atoms with Crippen LogP contribution in [-0.4, -0.2) is 38.6 Å². The van der Waals surface area contributed by atoms with Gasteiger partial charge in [-0.2, -0.15) is 0 Å². The van der Waals surface area contributed by atoms with E-state index >= 15 is 0 Å².